The van der Waals surface area contributed by atoms with Crippen molar-refractivity contribution in [3.05, 3.63) is 59.7 Å². The number of fused-ring (bicyclic) bond motifs is 3. The molecule has 0 saturated carbocycles. The van der Waals surface area contributed by atoms with Gasteiger partial charge in [-0.3, -0.25) is 4.79 Å². The number of nitrogens with one attached hydrogen (secondary N) is 1. The Kier molecular flexibility index (Phi) is 3.78. The highest BCUT2D eigenvalue weighted by Gasteiger charge is 2.27. The molecule has 0 unspecified atom stereocenters. The minimum atomic E-state index is 0.145. The van der Waals surface area contributed by atoms with Crippen molar-refractivity contribution in [3.63, 3.8) is 0 Å². The normalized spacial score (nSPS) is 13.1. The van der Waals surface area contributed by atoms with Crippen LogP contribution in [0.5, 0.6) is 0 Å². The van der Waals surface area contributed by atoms with E-state index in [0.29, 0.717) is 12.3 Å². The lowest BCUT2D eigenvalue weighted by Crippen LogP contribution is -2.30. The van der Waals surface area contributed by atoms with Gasteiger partial charge in [-0.1, -0.05) is 48.5 Å². The molecule has 1 aliphatic carbocycles. The molecular formula is C19H21NO. The van der Waals surface area contributed by atoms with Gasteiger partial charge < -0.3 is 5.32 Å². The first-order chi connectivity index (χ1) is 10.2. The molecule has 0 aliphatic heterocycles. The number of carbonyl (C=O) groups excluding carboxylic acids is 1. The van der Waals surface area contributed by atoms with Gasteiger partial charge in [-0.25, -0.2) is 0 Å². The van der Waals surface area contributed by atoms with Gasteiger partial charge >= 0.3 is 0 Å². The lowest BCUT2D eigenvalue weighted by molar-refractivity contribution is -0.121. The van der Waals surface area contributed by atoms with Crippen molar-refractivity contribution < 1.29 is 4.79 Å². The van der Waals surface area contributed by atoms with E-state index in [1.54, 1.807) is 0 Å². The molecule has 0 spiro atoms. The standard InChI is InChI=1S/C19H21NO/c1-13(2)20-19(21)12-11-18-16-9-5-3-7-14(16)15-8-4-6-10-17(15)18/h3-10,13,18H,11-12H2,1-2H3,(H,20,21). The van der Waals surface area contributed by atoms with Crippen molar-refractivity contribution in [2.45, 2.75) is 38.6 Å². The Hall–Kier alpha value is -2.09. The first-order valence-corrected chi connectivity index (χ1v) is 7.64. The van der Waals surface area contributed by atoms with Crippen LogP contribution in [0.4, 0.5) is 0 Å². The summed E-state index contributed by atoms with van der Waals surface area (Å²) in [6, 6.07) is 17.3. The second-order valence-corrected chi connectivity index (χ2v) is 5.99. The van der Waals surface area contributed by atoms with Gasteiger partial charge in [0.1, 0.15) is 0 Å². The molecular weight excluding hydrogens is 258 g/mol. The summed E-state index contributed by atoms with van der Waals surface area (Å²) in [7, 11) is 0. The van der Waals surface area contributed by atoms with Gasteiger partial charge in [0.05, 0.1) is 0 Å². The van der Waals surface area contributed by atoms with Crippen LogP contribution < -0.4 is 5.32 Å². The molecule has 1 N–H and O–H groups in total. The zero-order valence-corrected chi connectivity index (χ0v) is 12.6. The van der Waals surface area contributed by atoms with Gasteiger partial charge in [0.2, 0.25) is 5.91 Å². The van der Waals surface area contributed by atoms with Crippen molar-refractivity contribution in [2.24, 2.45) is 0 Å². The largest absolute Gasteiger partial charge is 0.354 e. The predicted octanol–water partition coefficient (Wildman–Crippen LogP) is 4.10. The number of carbonyl (C=O) groups is 1. The summed E-state index contributed by atoms with van der Waals surface area (Å²) in [6.45, 7) is 4.00. The van der Waals surface area contributed by atoms with Crippen molar-refractivity contribution in [1.29, 1.82) is 0 Å². The molecule has 0 heterocycles. The highest BCUT2D eigenvalue weighted by Crippen LogP contribution is 2.46. The molecule has 1 aliphatic rings. The van der Waals surface area contributed by atoms with Crippen LogP contribution in [0.25, 0.3) is 11.1 Å². The van der Waals surface area contributed by atoms with Crippen LogP contribution in [0.15, 0.2) is 48.5 Å². The van der Waals surface area contributed by atoms with Crippen molar-refractivity contribution in [1.82, 2.24) is 5.32 Å². The van der Waals surface area contributed by atoms with Gasteiger partial charge in [-0.2, -0.15) is 0 Å². The van der Waals surface area contributed by atoms with Crippen LogP contribution in [-0.2, 0) is 4.79 Å². The lowest BCUT2D eigenvalue weighted by Gasteiger charge is -2.14. The molecule has 2 heteroatoms. The SMILES string of the molecule is CC(C)NC(=O)CCC1c2ccccc2-c2ccccc21. The number of benzene rings is 2. The fourth-order valence-corrected chi connectivity index (χ4v) is 3.24. The van der Waals surface area contributed by atoms with Crippen LogP contribution in [-0.4, -0.2) is 11.9 Å². The zero-order valence-electron chi connectivity index (χ0n) is 12.6. The monoisotopic (exact) mass is 279 g/mol. The van der Waals surface area contributed by atoms with Crippen molar-refractivity contribution in [2.75, 3.05) is 0 Å². The molecule has 3 rings (SSSR count). The summed E-state index contributed by atoms with van der Waals surface area (Å²) >= 11 is 0. The van der Waals surface area contributed by atoms with Crippen LogP contribution in [0, 0.1) is 0 Å². The molecule has 0 bridgehead atoms. The molecule has 0 saturated heterocycles. The number of hydrogen-bond donors (Lipinski definition) is 1. The maximum atomic E-state index is 11.9. The predicted molar refractivity (Wildman–Crippen MR) is 86.2 cm³/mol. The minimum Gasteiger partial charge on any atom is -0.354 e. The third-order valence-electron chi connectivity index (χ3n) is 4.07. The number of amides is 1. The van der Waals surface area contributed by atoms with E-state index < -0.39 is 0 Å². The lowest BCUT2D eigenvalue weighted by atomic mass is 9.92. The summed E-state index contributed by atoms with van der Waals surface area (Å²) < 4.78 is 0. The Morgan fingerprint density at radius 2 is 1.52 bits per heavy atom. The van der Waals surface area contributed by atoms with Gasteiger partial charge in [0.25, 0.3) is 0 Å². The second-order valence-electron chi connectivity index (χ2n) is 5.99. The number of hydrogen-bond acceptors (Lipinski definition) is 1. The van der Waals surface area contributed by atoms with E-state index in [2.05, 4.69) is 53.8 Å². The molecule has 2 aromatic rings. The molecule has 0 atom stereocenters. The Balaban J connectivity index is 1.84. The fraction of sp³-hybridized carbons (Fsp3) is 0.316. The molecule has 1 amide bonds. The van der Waals surface area contributed by atoms with E-state index in [1.165, 1.54) is 22.3 Å². The van der Waals surface area contributed by atoms with Crippen LogP contribution in [0.3, 0.4) is 0 Å². The highest BCUT2D eigenvalue weighted by molar-refractivity contribution is 5.80. The topological polar surface area (TPSA) is 29.1 Å². The minimum absolute atomic E-state index is 0.145. The summed E-state index contributed by atoms with van der Waals surface area (Å²) in [5, 5.41) is 2.98. The molecule has 0 aromatic heterocycles. The average Bonchev–Trinajstić information content (AvgIpc) is 2.79. The highest BCUT2D eigenvalue weighted by atomic mass is 16.1. The summed E-state index contributed by atoms with van der Waals surface area (Å²) in [4.78, 5) is 11.9. The molecule has 2 nitrogen and oxygen atoms in total. The Bertz CT molecular complexity index is 615. The quantitative estimate of drug-likeness (QED) is 0.896. The number of rotatable bonds is 4. The van der Waals surface area contributed by atoms with E-state index in [1.807, 2.05) is 13.8 Å². The Labute approximate surface area is 126 Å². The van der Waals surface area contributed by atoms with Crippen molar-refractivity contribution >= 4 is 5.91 Å². The van der Waals surface area contributed by atoms with Crippen LogP contribution in [0.1, 0.15) is 43.7 Å². The van der Waals surface area contributed by atoms with E-state index in [-0.39, 0.29) is 11.9 Å². The second kappa shape index (κ2) is 5.72. The van der Waals surface area contributed by atoms with E-state index in [4.69, 9.17) is 0 Å². The van der Waals surface area contributed by atoms with Gasteiger partial charge in [0.15, 0.2) is 0 Å². The molecule has 108 valence electrons. The van der Waals surface area contributed by atoms with Crippen LogP contribution in [0.2, 0.25) is 0 Å². The fourth-order valence-electron chi connectivity index (χ4n) is 3.24. The summed E-state index contributed by atoms with van der Waals surface area (Å²) in [6.07, 6.45) is 1.44. The first-order valence-electron chi connectivity index (χ1n) is 7.64. The molecule has 21 heavy (non-hydrogen) atoms. The molecule has 0 fully saturated rings. The molecule has 2 aromatic carbocycles. The Morgan fingerprint density at radius 3 is 2.05 bits per heavy atom. The van der Waals surface area contributed by atoms with Crippen molar-refractivity contribution in [3.8, 4) is 11.1 Å². The van der Waals surface area contributed by atoms with Gasteiger partial charge in [-0.15, -0.1) is 0 Å². The Morgan fingerprint density at radius 1 is 1.00 bits per heavy atom. The smallest absolute Gasteiger partial charge is 0.220 e. The maximum Gasteiger partial charge on any atom is 0.220 e. The van der Waals surface area contributed by atoms with Gasteiger partial charge in [-0.05, 0) is 42.5 Å². The van der Waals surface area contributed by atoms with E-state index in [0.717, 1.165) is 6.42 Å². The summed E-state index contributed by atoms with van der Waals surface area (Å²) in [5.74, 6) is 0.488. The summed E-state index contributed by atoms with van der Waals surface area (Å²) in [5.41, 5.74) is 5.36. The van der Waals surface area contributed by atoms with E-state index >= 15 is 0 Å². The first kappa shape index (κ1) is 13.9. The third-order valence-corrected chi connectivity index (χ3v) is 4.07. The zero-order chi connectivity index (χ0) is 14.8. The van der Waals surface area contributed by atoms with Crippen LogP contribution >= 0.6 is 0 Å². The maximum absolute atomic E-state index is 11.9. The van der Waals surface area contributed by atoms with Gasteiger partial charge in [0, 0.05) is 18.4 Å². The molecule has 0 radical (unpaired) electrons. The third kappa shape index (κ3) is 2.71. The average molecular weight is 279 g/mol. The van der Waals surface area contributed by atoms with E-state index in [9.17, 15) is 4.79 Å².